The molecule has 0 atom stereocenters. The monoisotopic (exact) mass is 532 g/mol. The Hall–Kier alpha value is -2.52. The van der Waals surface area contributed by atoms with E-state index >= 15 is 0 Å². The molecule has 4 rings (SSSR count). The van der Waals surface area contributed by atoms with Crippen LogP contribution in [0.15, 0.2) is 47.8 Å². The van der Waals surface area contributed by atoms with Gasteiger partial charge in [0, 0.05) is 54.4 Å². The summed E-state index contributed by atoms with van der Waals surface area (Å²) in [5, 5.41) is 3.45. The van der Waals surface area contributed by atoms with Crippen LogP contribution in [-0.4, -0.2) is 57.4 Å². The fourth-order valence-corrected chi connectivity index (χ4v) is 5.82. The Morgan fingerprint density at radius 3 is 2.38 bits per heavy atom. The first-order valence-electron chi connectivity index (χ1n) is 15.0. The van der Waals surface area contributed by atoms with Crippen LogP contribution in [0.3, 0.4) is 0 Å². The SMILES string of the molecule is C=C1CCC(C)=C(Cc2cc(C#CC3CCN(C)CC3)cc(N(CC)C3CCOCC3)c2C)C(=C)N1.CCN. The average Bonchev–Trinajstić information content (AvgIpc) is 3.04. The van der Waals surface area contributed by atoms with Crippen LogP contribution >= 0.6 is 0 Å². The molecule has 0 bridgehead atoms. The Kier molecular flexibility index (Phi) is 12.2. The van der Waals surface area contributed by atoms with E-state index in [1.54, 1.807) is 0 Å². The molecule has 3 heterocycles. The van der Waals surface area contributed by atoms with Gasteiger partial charge in [0.25, 0.3) is 0 Å². The molecule has 3 aliphatic heterocycles. The molecule has 0 saturated carbocycles. The summed E-state index contributed by atoms with van der Waals surface area (Å²) in [6, 6.07) is 5.21. The third-order valence-electron chi connectivity index (χ3n) is 8.28. The molecular formula is C34H52N4O. The first-order chi connectivity index (χ1) is 18.8. The van der Waals surface area contributed by atoms with Crippen LogP contribution in [0.4, 0.5) is 5.69 Å². The quantitative estimate of drug-likeness (QED) is 0.461. The number of nitrogens with one attached hydrogen (secondary N) is 1. The molecule has 0 radical (unpaired) electrons. The van der Waals surface area contributed by atoms with Gasteiger partial charge in [0.15, 0.2) is 0 Å². The van der Waals surface area contributed by atoms with Gasteiger partial charge in [-0.2, -0.15) is 0 Å². The van der Waals surface area contributed by atoms with E-state index < -0.39 is 0 Å². The molecular weight excluding hydrogens is 480 g/mol. The van der Waals surface area contributed by atoms with E-state index in [9.17, 15) is 0 Å². The lowest BCUT2D eigenvalue weighted by Crippen LogP contribution is -2.40. The minimum Gasteiger partial charge on any atom is -0.381 e. The topological polar surface area (TPSA) is 53.8 Å². The lowest BCUT2D eigenvalue weighted by atomic mass is 9.91. The zero-order chi connectivity index (χ0) is 28.4. The highest BCUT2D eigenvalue weighted by atomic mass is 16.5. The molecule has 5 nitrogen and oxygen atoms in total. The predicted molar refractivity (Wildman–Crippen MR) is 167 cm³/mol. The summed E-state index contributed by atoms with van der Waals surface area (Å²) in [5.74, 6) is 7.74. The summed E-state index contributed by atoms with van der Waals surface area (Å²) in [6.07, 6.45) is 7.37. The van der Waals surface area contributed by atoms with Gasteiger partial charge in [0.2, 0.25) is 0 Å². The lowest BCUT2D eigenvalue weighted by Gasteiger charge is -2.37. The van der Waals surface area contributed by atoms with Gasteiger partial charge in [-0.05, 0) is 121 Å². The fraction of sp³-hybridized carbons (Fsp3) is 0.588. The van der Waals surface area contributed by atoms with E-state index in [-0.39, 0.29) is 0 Å². The molecule has 0 aliphatic carbocycles. The Morgan fingerprint density at radius 1 is 1.08 bits per heavy atom. The number of ether oxygens (including phenoxy) is 1. The molecule has 1 aromatic carbocycles. The van der Waals surface area contributed by atoms with Crippen LogP contribution in [0.2, 0.25) is 0 Å². The van der Waals surface area contributed by atoms with Crippen LogP contribution < -0.4 is 16.0 Å². The van der Waals surface area contributed by atoms with Crippen LogP contribution in [0.25, 0.3) is 0 Å². The number of nitrogens with two attached hydrogens (primary N) is 1. The van der Waals surface area contributed by atoms with E-state index in [2.05, 4.69) is 80.1 Å². The Labute approximate surface area is 238 Å². The third kappa shape index (κ3) is 8.73. The van der Waals surface area contributed by atoms with E-state index in [0.29, 0.717) is 12.0 Å². The van der Waals surface area contributed by atoms with Gasteiger partial charge < -0.3 is 25.6 Å². The van der Waals surface area contributed by atoms with Crippen molar-refractivity contribution in [3.8, 4) is 11.8 Å². The first kappa shape index (κ1) is 31.0. The number of likely N-dealkylation sites (tertiary alicyclic amines) is 1. The Bertz CT molecular complexity index is 1080. The largest absolute Gasteiger partial charge is 0.381 e. The van der Waals surface area contributed by atoms with Crippen molar-refractivity contribution in [1.29, 1.82) is 0 Å². The van der Waals surface area contributed by atoms with Crippen molar-refractivity contribution in [3.05, 3.63) is 64.5 Å². The molecule has 3 N–H and O–H groups in total. The van der Waals surface area contributed by atoms with E-state index in [4.69, 9.17) is 10.5 Å². The summed E-state index contributed by atoms with van der Waals surface area (Å²) in [7, 11) is 2.21. The van der Waals surface area contributed by atoms with Gasteiger partial charge >= 0.3 is 0 Å². The van der Waals surface area contributed by atoms with Crippen molar-refractivity contribution in [2.75, 3.05) is 51.3 Å². The normalized spacial score (nSPS) is 19.4. The number of rotatable bonds is 5. The average molecular weight is 533 g/mol. The van der Waals surface area contributed by atoms with Gasteiger partial charge in [0.1, 0.15) is 0 Å². The van der Waals surface area contributed by atoms with Crippen molar-refractivity contribution in [1.82, 2.24) is 10.2 Å². The second-order valence-corrected chi connectivity index (χ2v) is 11.3. The van der Waals surface area contributed by atoms with Gasteiger partial charge in [-0.25, -0.2) is 0 Å². The Balaban J connectivity index is 0.00000134. The fourth-order valence-electron chi connectivity index (χ4n) is 5.82. The van der Waals surface area contributed by atoms with Crippen molar-refractivity contribution in [3.63, 3.8) is 0 Å². The molecule has 2 fully saturated rings. The number of anilines is 1. The number of hydrogen-bond donors (Lipinski definition) is 2. The molecule has 0 amide bonds. The summed E-state index contributed by atoms with van der Waals surface area (Å²) < 4.78 is 5.68. The van der Waals surface area contributed by atoms with Crippen LogP contribution in [0, 0.1) is 24.7 Å². The number of piperidine rings is 1. The Morgan fingerprint density at radius 2 is 1.74 bits per heavy atom. The molecule has 5 heteroatoms. The predicted octanol–water partition coefficient (Wildman–Crippen LogP) is 5.93. The van der Waals surface area contributed by atoms with E-state index in [1.165, 1.54) is 40.8 Å². The minimum absolute atomic E-state index is 0.494. The molecule has 1 aromatic rings. The lowest BCUT2D eigenvalue weighted by molar-refractivity contribution is 0.0846. The highest BCUT2D eigenvalue weighted by Crippen LogP contribution is 2.33. The van der Waals surface area contributed by atoms with Crippen molar-refractivity contribution in [2.24, 2.45) is 11.7 Å². The van der Waals surface area contributed by atoms with Gasteiger partial charge in [-0.3, -0.25) is 0 Å². The molecule has 2 saturated heterocycles. The number of hydrogen-bond acceptors (Lipinski definition) is 5. The summed E-state index contributed by atoms with van der Waals surface area (Å²) in [6.45, 7) is 23.0. The second kappa shape index (κ2) is 15.3. The summed E-state index contributed by atoms with van der Waals surface area (Å²) in [4.78, 5) is 5.01. The minimum atomic E-state index is 0.494. The number of benzene rings is 1. The molecule has 214 valence electrons. The van der Waals surface area contributed by atoms with Crippen molar-refractivity contribution < 1.29 is 4.74 Å². The zero-order valence-electron chi connectivity index (χ0n) is 25.3. The first-order valence-corrected chi connectivity index (χ1v) is 15.0. The zero-order valence-corrected chi connectivity index (χ0v) is 25.3. The van der Waals surface area contributed by atoms with Crippen LogP contribution in [0.1, 0.15) is 76.0 Å². The maximum absolute atomic E-state index is 5.68. The van der Waals surface area contributed by atoms with Crippen LogP contribution in [0.5, 0.6) is 0 Å². The summed E-state index contributed by atoms with van der Waals surface area (Å²) >= 11 is 0. The molecule has 0 spiro atoms. The summed E-state index contributed by atoms with van der Waals surface area (Å²) in [5.41, 5.74) is 14.8. The molecule has 3 aliphatic rings. The highest BCUT2D eigenvalue weighted by molar-refractivity contribution is 5.63. The molecule has 0 unspecified atom stereocenters. The molecule has 0 aromatic heterocycles. The maximum atomic E-state index is 5.68. The number of allylic oxidation sites excluding steroid dienone is 3. The van der Waals surface area contributed by atoms with E-state index in [1.807, 2.05) is 6.92 Å². The van der Waals surface area contributed by atoms with Crippen LogP contribution in [-0.2, 0) is 11.2 Å². The third-order valence-corrected chi connectivity index (χ3v) is 8.28. The maximum Gasteiger partial charge on any atom is 0.0485 e. The smallest absolute Gasteiger partial charge is 0.0485 e. The van der Waals surface area contributed by atoms with Gasteiger partial charge in [-0.1, -0.05) is 37.5 Å². The standard InChI is InChI=1S/C32H45N3O.C2H7N/c1-7-35(30-14-18-36-19-15-30)32-21-28(11-10-27-12-16-34(6)17-13-27)20-29(25(32)4)22-31-23(2)8-9-24(3)33-26(31)5;1-2-3/h20-21,27,30,33H,3,5,7-9,12-19,22H2,1-2,4,6H3;2-3H2,1H3. The van der Waals surface area contributed by atoms with E-state index in [0.717, 1.165) is 88.5 Å². The van der Waals surface area contributed by atoms with Crippen molar-refractivity contribution in [2.45, 2.75) is 78.7 Å². The number of nitrogens with zero attached hydrogens (tertiary/aromatic N) is 2. The van der Waals surface area contributed by atoms with Gasteiger partial charge in [0.05, 0.1) is 0 Å². The van der Waals surface area contributed by atoms with Crippen molar-refractivity contribution >= 4 is 5.69 Å². The highest BCUT2D eigenvalue weighted by Gasteiger charge is 2.24. The second-order valence-electron chi connectivity index (χ2n) is 11.3. The van der Waals surface area contributed by atoms with Gasteiger partial charge in [-0.15, -0.1) is 0 Å². The molecule has 39 heavy (non-hydrogen) atoms.